The van der Waals surface area contributed by atoms with E-state index < -0.39 is 78.3 Å². The fourth-order valence-electron chi connectivity index (χ4n) is 7.81. The van der Waals surface area contributed by atoms with Gasteiger partial charge in [0.2, 0.25) is 11.8 Å². The largest absolute Gasteiger partial charge is 0.491 e. The Bertz CT molecular complexity index is 1820. The van der Waals surface area contributed by atoms with Crippen LogP contribution in [0.2, 0.25) is 0 Å². The van der Waals surface area contributed by atoms with Crippen molar-refractivity contribution in [3.63, 3.8) is 0 Å². The summed E-state index contributed by atoms with van der Waals surface area (Å²) >= 11 is 14.4. The highest BCUT2D eigenvalue weighted by atomic mass is 35.5. The van der Waals surface area contributed by atoms with E-state index in [0.29, 0.717) is 11.1 Å². The summed E-state index contributed by atoms with van der Waals surface area (Å²) in [5, 5.41) is 33.5. The lowest BCUT2D eigenvalue weighted by molar-refractivity contribution is -0.392. The number of allylic oxidation sites excluding steroid dienone is 2. The summed E-state index contributed by atoms with van der Waals surface area (Å²) in [6, 6.07) is 8.47. The number of benzene rings is 2. The lowest BCUT2D eigenvalue weighted by Gasteiger charge is -2.51. The van der Waals surface area contributed by atoms with Crippen LogP contribution in [0.3, 0.4) is 0 Å². The van der Waals surface area contributed by atoms with Gasteiger partial charge in [0.1, 0.15) is 12.4 Å². The topological polar surface area (TPSA) is 194 Å². The third kappa shape index (κ3) is 4.44. The van der Waals surface area contributed by atoms with Gasteiger partial charge in [-0.2, -0.15) is 0 Å². The maximum atomic E-state index is 14.4. The third-order valence-corrected chi connectivity index (χ3v) is 11.2. The number of aliphatic hydroxyl groups excluding tert-OH is 1. The first kappa shape index (κ1) is 33.3. The number of halogens is 2. The fraction of sp³-hybridized carbons (Fsp3) is 0.419. The molecule has 17 heteroatoms. The Morgan fingerprint density at radius 3 is 2.21 bits per heavy atom. The number of fused-ring (bicyclic) bond motifs is 4. The van der Waals surface area contributed by atoms with E-state index in [-0.39, 0.29) is 43.2 Å². The predicted molar refractivity (Wildman–Crippen MR) is 171 cm³/mol. The molecule has 2 aliphatic heterocycles. The van der Waals surface area contributed by atoms with E-state index in [1.165, 1.54) is 26.0 Å². The van der Waals surface area contributed by atoms with E-state index in [1.54, 1.807) is 30.3 Å². The Labute approximate surface area is 282 Å². The van der Waals surface area contributed by atoms with E-state index in [2.05, 4.69) is 0 Å². The Balaban J connectivity index is 1.51. The van der Waals surface area contributed by atoms with Gasteiger partial charge in [-0.1, -0.05) is 29.8 Å². The molecule has 2 heterocycles. The van der Waals surface area contributed by atoms with Crippen LogP contribution in [-0.2, 0) is 19.2 Å². The van der Waals surface area contributed by atoms with Crippen LogP contribution in [0, 0.1) is 38.0 Å². The predicted octanol–water partition coefficient (Wildman–Crippen LogP) is 3.13. The Morgan fingerprint density at radius 2 is 1.62 bits per heavy atom. The van der Waals surface area contributed by atoms with E-state index >= 15 is 0 Å². The number of aliphatic hydroxyl groups is 1. The van der Waals surface area contributed by atoms with Gasteiger partial charge < -0.3 is 14.7 Å². The summed E-state index contributed by atoms with van der Waals surface area (Å²) < 4.78 is 5.79. The number of amides is 4. The molecule has 2 aromatic rings. The molecule has 6 unspecified atom stereocenters. The molecule has 1 saturated carbocycles. The van der Waals surface area contributed by atoms with Gasteiger partial charge >= 0.3 is 11.4 Å². The molecule has 1 N–H and O–H groups in total. The van der Waals surface area contributed by atoms with Gasteiger partial charge in [0, 0.05) is 44.8 Å². The normalized spacial score (nSPS) is 29.3. The molecule has 2 aromatic carbocycles. The molecule has 4 amide bonds. The van der Waals surface area contributed by atoms with Gasteiger partial charge in [0.25, 0.3) is 11.8 Å². The minimum absolute atomic E-state index is 0.00602. The number of carbonyl (C=O) groups is 4. The first-order valence-electron chi connectivity index (χ1n) is 14.9. The molecule has 6 rings (SSSR count). The monoisotopic (exact) mass is 701 g/mol. The number of nitro groups is 2. The minimum Gasteiger partial charge on any atom is -0.491 e. The third-order valence-electron chi connectivity index (χ3n) is 9.75. The second-order valence-electron chi connectivity index (χ2n) is 12.4. The van der Waals surface area contributed by atoms with Crippen molar-refractivity contribution in [2.75, 3.05) is 44.2 Å². The second-order valence-corrected chi connectivity index (χ2v) is 13.6. The molecular formula is C31H29Cl2N5O10. The molecule has 2 saturated heterocycles. The molecule has 0 bridgehead atoms. The minimum atomic E-state index is -2.07. The molecule has 2 aliphatic carbocycles. The fourth-order valence-corrected chi connectivity index (χ4v) is 8.82. The van der Waals surface area contributed by atoms with Crippen molar-refractivity contribution in [2.24, 2.45) is 17.8 Å². The van der Waals surface area contributed by atoms with Crippen molar-refractivity contribution >= 4 is 69.6 Å². The summed E-state index contributed by atoms with van der Waals surface area (Å²) in [4.78, 5) is 76.9. The summed E-state index contributed by atoms with van der Waals surface area (Å²) in [5.74, 6) is -7.02. The van der Waals surface area contributed by atoms with Crippen molar-refractivity contribution in [2.45, 2.75) is 28.5 Å². The smallest absolute Gasteiger partial charge is 0.301 e. The van der Waals surface area contributed by atoms with Crippen LogP contribution in [0.25, 0.3) is 0 Å². The van der Waals surface area contributed by atoms with E-state index in [0.717, 1.165) is 21.9 Å². The van der Waals surface area contributed by atoms with Crippen LogP contribution in [0.5, 0.6) is 5.75 Å². The molecule has 48 heavy (non-hydrogen) atoms. The first-order chi connectivity index (χ1) is 22.6. The van der Waals surface area contributed by atoms with Crippen molar-refractivity contribution in [3.8, 4) is 5.75 Å². The number of hydrogen-bond donors (Lipinski definition) is 1. The molecule has 6 atom stereocenters. The average molecular weight is 703 g/mol. The number of carbonyl (C=O) groups excluding carboxylic acids is 4. The molecule has 0 aromatic heterocycles. The summed E-state index contributed by atoms with van der Waals surface area (Å²) in [7, 11) is 4.04. The van der Waals surface area contributed by atoms with Crippen LogP contribution >= 0.6 is 23.2 Å². The number of rotatable bonds is 8. The molecule has 15 nitrogen and oxygen atoms in total. The maximum absolute atomic E-state index is 14.4. The highest BCUT2D eigenvalue weighted by Crippen LogP contribution is 2.66. The molecule has 0 radical (unpaired) electrons. The van der Waals surface area contributed by atoms with E-state index in [9.17, 15) is 44.5 Å². The summed E-state index contributed by atoms with van der Waals surface area (Å²) in [5.41, 5.74) is -1.18. The number of para-hydroxylation sites is 1. The average Bonchev–Trinajstić information content (AvgIpc) is 3.37. The van der Waals surface area contributed by atoms with Crippen LogP contribution in [0.4, 0.5) is 22.7 Å². The summed E-state index contributed by atoms with van der Waals surface area (Å²) in [6.07, 6.45) is 1.39. The van der Waals surface area contributed by atoms with Gasteiger partial charge in [-0.15, -0.1) is 23.2 Å². The van der Waals surface area contributed by atoms with Gasteiger partial charge in [-0.3, -0.25) is 44.3 Å². The first-order valence-corrected chi connectivity index (χ1v) is 15.6. The number of hydrogen-bond acceptors (Lipinski definition) is 11. The molecular weight excluding hydrogens is 673 g/mol. The van der Waals surface area contributed by atoms with Crippen molar-refractivity contribution in [1.82, 2.24) is 4.90 Å². The maximum Gasteiger partial charge on any atom is 0.301 e. The lowest BCUT2D eigenvalue weighted by atomic mass is 9.56. The quantitative estimate of drug-likeness (QED) is 0.140. The molecule has 252 valence electrons. The zero-order chi connectivity index (χ0) is 35.0. The zero-order valence-corrected chi connectivity index (χ0v) is 27.3. The van der Waals surface area contributed by atoms with E-state index in [1.807, 2.05) is 0 Å². The number of nitrogens with zero attached hydrogens (tertiary/aromatic N) is 5. The van der Waals surface area contributed by atoms with Crippen LogP contribution in [-0.4, -0.2) is 87.6 Å². The van der Waals surface area contributed by atoms with Crippen molar-refractivity contribution < 1.29 is 38.9 Å². The number of ether oxygens (including phenoxy) is 1. The number of anilines is 2. The van der Waals surface area contributed by atoms with Gasteiger partial charge in [0.15, 0.2) is 15.4 Å². The van der Waals surface area contributed by atoms with Crippen LogP contribution in [0.15, 0.2) is 48.0 Å². The number of likely N-dealkylation sites (tertiary alicyclic amines) is 1. The molecule has 3 fully saturated rings. The highest BCUT2D eigenvalue weighted by molar-refractivity contribution is 6.53. The Kier molecular flexibility index (Phi) is 8.00. The summed E-state index contributed by atoms with van der Waals surface area (Å²) in [6.45, 7) is -0.421. The standard InChI is InChI=1S/C31H29Cl2N5O10/c1-34(2)25-20(37(44)45)12-15(13-21(25)38(46)47)36-26(40)18-9-8-16-19(23(18)27(36)41)14-30(32)28(42)35(3)29(43)31(30,33)24(16)17-6-4-5-7-22(17)48-11-10-39/h4-8,12-13,18-19,23-24,39H,9-11,14H2,1-3H3. The zero-order valence-electron chi connectivity index (χ0n) is 25.8. The molecule has 0 spiro atoms. The Morgan fingerprint density at radius 1 is 1.00 bits per heavy atom. The lowest BCUT2D eigenvalue weighted by Crippen LogP contribution is -2.60. The Hall–Kier alpha value is -4.60. The number of nitro benzene ring substituents is 2. The van der Waals surface area contributed by atoms with Gasteiger partial charge in [-0.25, -0.2) is 4.90 Å². The highest BCUT2D eigenvalue weighted by Gasteiger charge is 2.76. The van der Waals surface area contributed by atoms with Crippen LogP contribution < -0.4 is 14.5 Å². The van der Waals surface area contributed by atoms with E-state index in [4.69, 9.17) is 27.9 Å². The SMILES string of the molecule is CN1C(=O)C2(Cl)CC3C(=CCC4C(=O)N(c5cc([N+](=O)[O-])c(N(C)C)c([N+](=O)[O-])c5)C(=O)C43)C(c3ccccc3OCCO)C2(Cl)C1=O. The number of imide groups is 2. The number of alkyl halides is 2. The van der Waals surface area contributed by atoms with Gasteiger partial charge in [-0.05, 0) is 24.8 Å². The van der Waals surface area contributed by atoms with Crippen molar-refractivity contribution in [3.05, 3.63) is 73.8 Å². The second kappa shape index (κ2) is 11.5. The van der Waals surface area contributed by atoms with Crippen molar-refractivity contribution in [1.29, 1.82) is 0 Å². The van der Waals surface area contributed by atoms with Crippen LogP contribution in [0.1, 0.15) is 24.3 Å². The molecule has 4 aliphatic rings. The van der Waals surface area contributed by atoms with Gasteiger partial charge in [0.05, 0.1) is 34.0 Å².